The molecule has 2 N–H and O–H groups in total. The number of ether oxygens (including phenoxy) is 1. The van der Waals surface area contributed by atoms with E-state index in [0.29, 0.717) is 5.92 Å². The average molecular weight is 419 g/mol. The van der Waals surface area contributed by atoms with Gasteiger partial charge in [0.25, 0.3) is 0 Å². The first-order chi connectivity index (χ1) is 13.3. The molecule has 6 heteroatoms. The van der Waals surface area contributed by atoms with Gasteiger partial charge in [-0.1, -0.05) is 32.0 Å². The first-order valence-corrected chi connectivity index (χ1v) is 10.0. The van der Waals surface area contributed by atoms with Crippen LogP contribution in [0.2, 0.25) is 0 Å². The van der Waals surface area contributed by atoms with Crippen LogP contribution in [0.25, 0.3) is 0 Å². The topological polar surface area (TPSA) is 53.6 Å². The number of rotatable bonds is 8. The normalized spacial score (nSPS) is 11.4. The Morgan fingerprint density at radius 2 is 1.72 bits per heavy atom. The molecule has 0 spiro atoms. The number of nitrogens with one attached hydrogen (secondary N) is 2. The van der Waals surface area contributed by atoms with Gasteiger partial charge in [-0.05, 0) is 69.0 Å². The number of urea groups is 1. The van der Waals surface area contributed by atoms with Crippen LogP contribution < -0.4 is 32.7 Å². The van der Waals surface area contributed by atoms with Gasteiger partial charge in [0.05, 0.1) is 0 Å². The second-order valence-electron chi connectivity index (χ2n) is 7.22. The van der Waals surface area contributed by atoms with E-state index in [4.69, 9.17) is 4.74 Å². The maximum Gasteiger partial charge on any atom is 0.322 e. The van der Waals surface area contributed by atoms with Gasteiger partial charge >= 0.3 is 6.03 Å². The van der Waals surface area contributed by atoms with Crippen molar-refractivity contribution in [3.8, 4) is 5.75 Å². The first kappa shape index (κ1) is 24.6. The Balaban J connectivity index is 0.00000420. The van der Waals surface area contributed by atoms with E-state index in [0.717, 1.165) is 41.3 Å². The fourth-order valence-electron chi connectivity index (χ4n) is 3.20. The predicted octanol–water partition coefficient (Wildman–Crippen LogP) is 2.52. The SMILES string of the molecule is CCN(CC)c1ccc(NC(=O)NC(C)Oc2ccccc2C(C)C)c(C)c1.[Cl-]. The molecule has 2 rings (SSSR count). The number of halogens is 1. The number of carbonyl (C=O) groups is 1. The number of anilines is 2. The van der Waals surface area contributed by atoms with Crippen molar-refractivity contribution in [2.75, 3.05) is 23.3 Å². The number of para-hydroxylation sites is 1. The van der Waals surface area contributed by atoms with E-state index in [9.17, 15) is 4.79 Å². The molecule has 0 aliphatic rings. The fourth-order valence-corrected chi connectivity index (χ4v) is 3.20. The van der Waals surface area contributed by atoms with Gasteiger partial charge in [-0.25, -0.2) is 4.79 Å². The lowest BCUT2D eigenvalue weighted by Crippen LogP contribution is -3.00. The molecule has 160 valence electrons. The third-order valence-electron chi connectivity index (χ3n) is 4.77. The summed E-state index contributed by atoms with van der Waals surface area (Å²) in [5, 5.41) is 5.77. The molecular formula is C23H33ClN3O2-. The van der Waals surface area contributed by atoms with E-state index in [1.807, 2.05) is 50.2 Å². The summed E-state index contributed by atoms with van der Waals surface area (Å²) < 4.78 is 5.95. The largest absolute Gasteiger partial charge is 1.00 e. The molecule has 0 aliphatic heterocycles. The van der Waals surface area contributed by atoms with Crippen LogP contribution >= 0.6 is 0 Å². The van der Waals surface area contributed by atoms with Crippen molar-refractivity contribution in [1.82, 2.24) is 5.32 Å². The van der Waals surface area contributed by atoms with E-state index in [2.05, 4.69) is 49.3 Å². The Bertz CT molecular complexity index is 791. The average Bonchev–Trinajstić information content (AvgIpc) is 2.65. The predicted molar refractivity (Wildman–Crippen MR) is 118 cm³/mol. The summed E-state index contributed by atoms with van der Waals surface area (Å²) in [5.74, 6) is 1.15. The van der Waals surface area contributed by atoms with Crippen molar-refractivity contribution in [3.63, 3.8) is 0 Å². The quantitative estimate of drug-likeness (QED) is 0.648. The third-order valence-corrected chi connectivity index (χ3v) is 4.77. The molecule has 2 amide bonds. The van der Waals surface area contributed by atoms with Crippen LogP contribution in [0, 0.1) is 6.92 Å². The van der Waals surface area contributed by atoms with Crippen molar-refractivity contribution >= 4 is 17.4 Å². The van der Waals surface area contributed by atoms with E-state index in [1.54, 1.807) is 0 Å². The molecule has 0 aromatic heterocycles. The molecule has 0 saturated carbocycles. The van der Waals surface area contributed by atoms with Crippen molar-refractivity contribution in [2.45, 2.75) is 53.7 Å². The highest BCUT2D eigenvalue weighted by Crippen LogP contribution is 2.26. The van der Waals surface area contributed by atoms with E-state index in [-0.39, 0.29) is 18.4 Å². The molecule has 1 atom stereocenters. The van der Waals surface area contributed by atoms with E-state index in [1.165, 1.54) is 0 Å². The highest BCUT2D eigenvalue weighted by atomic mass is 35.5. The minimum absolute atomic E-state index is 0. The smallest absolute Gasteiger partial charge is 0.322 e. The molecule has 29 heavy (non-hydrogen) atoms. The Morgan fingerprint density at radius 1 is 1.07 bits per heavy atom. The summed E-state index contributed by atoms with van der Waals surface area (Å²) in [5.41, 5.74) is 4.11. The van der Waals surface area contributed by atoms with Crippen LogP contribution in [0.5, 0.6) is 5.75 Å². The Labute approximate surface area is 181 Å². The second kappa shape index (κ2) is 11.6. The van der Waals surface area contributed by atoms with Crippen LogP contribution in [0.15, 0.2) is 42.5 Å². The summed E-state index contributed by atoms with van der Waals surface area (Å²) >= 11 is 0. The fraction of sp³-hybridized carbons (Fsp3) is 0.435. The number of carbonyl (C=O) groups excluding carboxylic acids is 1. The highest BCUT2D eigenvalue weighted by molar-refractivity contribution is 5.90. The zero-order valence-corrected chi connectivity index (χ0v) is 19.0. The molecule has 0 radical (unpaired) electrons. The van der Waals surface area contributed by atoms with Gasteiger partial charge in [0.2, 0.25) is 0 Å². The molecule has 0 aliphatic carbocycles. The van der Waals surface area contributed by atoms with Crippen molar-refractivity contribution in [1.29, 1.82) is 0 Å². The van der Waals surface area contributed by atoms with Crippen LogP contribution in [-0.2, 0) is 0 Å². The minimum Gasteiger partial charge on any atom is -1.00 e. The van der Waals surface area contributed by atoms with Gasteiger partial charge in [-0.3, -0.25) is 0 Å². The molecule has 5 nitrogen and oxygen atoms in total. The number of amides is 2. The summed E-state index contributed by atoms with van der Waals surface area (Å²) in [6, 6.07) is 13.7. The molecule has 0 heterocycles. The molecule has 0 bridgehead atoms. The lowest BCUT2D eigenvalue weighted by molar-refractivity contribution is -0.0000114. The molecule has 0 fully saturated rings. The highest BCUT2D eigenvalue weighted by Gasteiger charge is 2.13. The van der Waals surface area contributed by atoms with Gasteiger partial charge in [0, 0.05) is 24.5 Å². The molecule has 2 aromatic carbocycles. The van der Waals surface area contributed by atoms with Crippen molar-refractivity contribution in [2.24, 2.45) is 0 Å². The van der Waals surface area contributed by atoms with Gasteiger partial charge in [-0.2, -0.15) is 0 Å². The summed E-state index contributed by atoms with van der Waals surface area (Å²) in [7, 11) is 0. The molecular weight excluding hydrogens is 386 g/mol. The second-order valence-corrected chi connectivity index (χ2v) is 7.22. The van der Waals surface area contributed by atoms with Crippen LogP contribution in [0.3, 0.4) is 0 Å². The molecule has 0 saturated heterocycles. The standard InChI is InChI=1S/C23H33N3O2.ClH/c1-7-26(8-2)19-13-14-21(17(5)15-19)25-23(27)24-18(6)28-22-12-10-9-11-20(22)16(3)4;/h9-16,18H,7-8H2,1-6H3,(H2,24,25,27);1H/p-1. The zero-order chi connectivity index (χ0) is 20.7. The monoisotopic (exact) mass is 418 g/mol. The van der Waals surface area contributed by atoms with Gasteiger partial charge in [0.15, 0.2) is 6.23 Å². The number of benzene rings is 2. The third kappa shape index (κ3) is 6.86. The van der Waals surface area contributed by atoms with E-state index < -0.39 is 6.23 Å². The van der Waals surface area contributed by atoms with Gasteiger partial charge in [0.1, 0.15) is 5.75 Å². The van der Waals surface area contributed by atoms with Gasteiger partial charge < -0.3 is 32.7 Å². The maximum absolute atomic E-state index is 12.4. The lowest BCUT2D eigenvalue weighted by atomic mass is 10.0. The number of hydrogen-bond donors (Lipinski definition) is 2. The van der Waals surface area contributed by atoms with Gasteiger partial charge in [-0.15, -0.1) is 0 Å². The van der Waals surface area contributed by atoms with Crippen molar-refractivity contribution in [3.05, 3.63) is 53.6 Å². The van der Waals surface area contributed by atoms with E-state index >= 15 is 0 Å². The number of aryl methyl sites for hydroxylation is 1. The van der Waals surface area contributed by atoms with Crippen LogP contribution in [-0.4, -0.2) is 25.3 Å². The molecule has 1 unspecified atom stereocenters. The summed E-state index contributed by atoms with van der Waals surface area (Å²) in [6.45, 7) is 14.3. The summed E-state index contributed by atoms with van der Waals surface area (Å²) in [6.07, 6.45) is -0.449. The Kier molecular flexibility index (Phi) is 9.83. The zero-order valence-electron chi connectivity index (χ0n) is 18.3. The van der Waals surface area contributed by atoms with Crippen LogP contribution in [0.1, 0.15) is 51.7 Å². The Morgan fingerprint density at radius 3 is 2.31 bits per heavy atom. The Hall–Kier alpha value is -2.40. The van der Waals surface area contributed by atoms with Crippen molar-refractivity contribution < 1.29 is 21.9 Å². The minimum atomic E-state index is -0.449. The first-order valence-electron chi connectivity index (χ1n) is 10.0. The summed E-state index contributed by atoms with van der Waals surface area (Å²) in [4.78, 5) is 14.7. The number of nitrogens with zero attached hydrogens (tertiary/aromatic N) is 1. The lowest BCUT2D eigenvalue weighted by Gasteiger charge is -2.23. The number of hydrogen-bond acceptors (Lipinski definition) is 3. The molecule has 2 aromatic rings. The maximum atomic E-state index is 12.4. The van der Waals surface area contributed by atoms with Crippen LogP contribution in [0.4, 0.5) is 16.2 Å².